The summed E-state index contributed by atoms with van der Waals surface area (Å²) >= 11 is 0. The number of hydrogen-bond acceptors (Lipinski definition) is 11. The van der Waals surface area contributed by atoms with Crippen molar-refractivity contribution in [1.29, 1.82) is 0 Å². The zero-order valence-electron chi connectivity index (χ0n) is 41.4. The summed E-state index contributed by atoms with van der Waals surface area (Å²) in [5.41, 5.74) is 6.56. The highest BCUT2D eigenvalue weighted by atomic mass is 16.3. The van der Waals surface area contributed by atoms with Gasteiger partial charge in [-0.25, -0.2) is 0 Å². The lowest BCUT2D eigenvalue weighted by molar-refractivity contribution is -0.145. The Morgan fingerprint density at radius 2 is 1.43 bits per heavy atom. The molecule has 0 saturated carbocycles. The van der Waals surface area contributed by atoms with Gasteiger partial charge in [0.2, 0.25) is 41.4 Å². The summed E-state index contributed by atoms with van der Waals surface area (Å²) in [5.74, 6) is -2.54. The maximum atomic E-state index is 14.2. The average molecular weight is 957 g/mol. The molecule has 68 heavy (non-hydrogen) atoms. The Labute approximate surface area is 404 Å². The number of carbonyl (C=O) groups is 7. The molecule has 2 aliphatic rings. The number of hydrogen-bond donors (Lipinski definition) is 9. The standard InChI is InChI=1S/C50H84N8O10/c1-6-28-52-48(66)45-41(61)26-30-58(45)49(67)39(17-14-27-51)55-46(64)38(25-22-36-20-23-37(60)24-21-36)54-47(65)40-18-15-29-57(40)50(68)44(35(5)59)56-43(63)32-53-42(62)19-13-11-9-8-10-12-16-34(4)31-33(3)7-2/h20-21,23-24,33-35,38-41,44-45,59-61H,6-19,22,25-32,51H2,1-5H3,(H,52,66)(H,53,62)(H,54,65)(H,55,64)(H,56,63)/t33?,34?,35-,38?,39?,40?,41+,44?,45?/m1/s1. The van der Waals surface area contributed by atoms with Gasteiger partial charge in [0, 0.05) is 26.1 Å². The van der Waals surface area contributed by atoms with E-state index in [4.69, 9.17) is 5.73 Å². The molecule has 0 aliphatic carbocycles. The van der Waals surface area contributed by atoms with E-state index in [-0.39, 0.29) is 69.8 Å². The summed E-state index contributed by atoms with van der Waals surface area (Å²) in [6.07, 6.45) is 9.99. The van der Waals surface area contributed by atoms with E-state index in [0.29, 0.717) is 32.2 Å². The molecule has 1 aromatic carbocycles. The number of aliphatic hydroxyl groups is 2. The van der Waals surface area contributed by atoms with Crippen LogP contribution in [0.5, 0.6) is 5.75 Å². The molecule has 1 aromatic rings. The molecular weight excluding hydrogens is 873 g/mol. The van der Waals surface area contributed by atoms with Gasteiger partial charge in [0.05, 0.1) is 18.8 Å². The van der Waals surface area contributed by atoms with Gasteiger partial charge in [0.1, 0.15) is 36.0 Å². The van der Waals surface area contributed by atoms with Crippen molar-refractivity contribution >= 4 is 41.4 Å². The zero-order chi connectivity index (χ0) is 50.2. The van der Waals surface area contributed by atoms with Gasteiger partial charge < -0.3 is 57.4 Å². The van der Waals surface area contributed by atoms with Gasteiger partial charge in [0.25, 0.3) is 0 Å². The quantitative estimate of drug-likeness (QED) is 0.0489. The van der Waals surface area contributed by atoms with Crippen LogP contribution in [0.2, 0.25) is 0 Å². The highest BCUT2D eigenvalue weighted by Crippen LogP contribution is 2.24. The number of aromatic hydroxyl groups is 1. The third-order valence-corrected chi connectivity index (χ3v) is 13.3. The third-order valence-electron chi connectivity index (χ3n) is 13.3. The molecule has 7 amide bonds. The van der Waals surface area contributed by atoms with Crippen molar-refractivity contribution < 1.29 is 48.9 Å². The molecule has 18 nitrogen and oxygen atoms in total. The molecule has 2 saturated heterocycles. The lowest BCUT2D eigenvalue weighted by Gasteiger charge is -2.32. The van der Waals surface area contributed by atoms with Crippen LogP contribution < -0.4 is 32.3 Å². The molecule has 2 heterocycles. The van der Waals surface area contributed by atoms with E-state index in [1.165, 1.54) is 61.0 Å². The van der Waals surface area contributed by atoms with E-state index in [1.54, 1.807) is 12.1 Å². The van der Waals surface area contributed by atoms with E-state index in [9.17, 15) is 48.9 Å². The minimum Gasteiger partial charge on any atom is -0.508 e. The Morgan fingerprint density at radius 1 is 0.735 bits per heavy atom. The predicted octanol–water partition coefficient (Wildman–Crippen LogP) is 2.69. The van der Waals surface area contributed by atoms with E-state index in [1.807, 2.05) is 6.92 Å². The molecule has 2 aliphatic heterocycles. The van der Waals surface area contributed by atoms with Gasteiger partial charge in [-0.05, 0) is 107 Å². The molecule has 2 fully saturated rings. The fraction of sp³-hybridized carbons (Fsp3) is 0.740. The van der Waals surface area contributed by atoms with Crippen LogP contribution in [-0.2, 0) is 40.0 Å². The van der Waals surface area contributed by atoms with Crippen molar-refractivity contribution in [3.8, 4) is 5.75 Å². The number of aliphatic hydroxyl groups excluding tert-OH is 2. The molecular formula is C50H84N8O10. The molecule has 0 radical (unpaired) electrons. The smallest absolute Gasteiger partial charge is 0.248 e. The van der Waals surface area contributed by atoms with Gasteiger partial charge >= 0.3 is 0 Å². The number of aryl methyl sites for hydroxylation is 1. The summed E-state index contributed by atoms with van der Waals surface area (Å²) in [7, 11) is 0. The second-order valence-electron chi connectivity index (χ2n) is 19.1. The van der Waals surface area contributed by atoms with Crippen molar-refractivity contribution in [1.82, 2.24) is 36.4 Å². The molecule has 384 valence electrons. The Morgan fingerprint density at radius 3 is 2.09 bits per heavy atom. The molecule has 9 atom stereocenters. The topological polar surface area (TPSA) is 273 Å². The highest BCUT2D eigenvalue weighted by molar-refractivity contribution is 5.97. The number of rotatable bonds is 31. The normalized spacial score (nSPS) is 19.6. The number of nitrogens with two attached hydrogens (primary N) is 1. The third kappa shape index (κ3) is 19.3. The van der Waals surface area contributed by atoms with Crippen molar-refractivity contribution in [2.75, 3.05) is 32.7 Å². The second-order valence-corrected chi connectivity index (χ2v) is 19.1. The van der Waals surface area contributed by atoms with E-state index in [0.717, 1.165) is 36.7 Å². The van der Waals surface area contributed by atoms with E-state index < -0.39 is 84.4 Å². The second kappa shape index (κ2) is 30.6. The first-order chi connectivity index (χ1) is 32.5. The molecule has 7 unspecified atom stereocenters. The number of phenolic OH excluding ortho intramolecular Hbond substituents is 1. The van der Waals surface area contributed by atoms with Crippen LogP contribution in [0.4, 0.5) is 0 Å². The number of likely N-dealkylation sites (tertiary alicyclic amines) is 2. The molecule has 3 rings (SSSR count). The van der Waals surface area contributed by atoms with Gasteiger partial charge in [0.15, 0.2) is 0 Å². The van der Waals surface area contributed by atoms with E-state index >= 15 is 0 Å². The summed E-state index contributed by atoms with van der Waals surface area (Å²) < 4.78 is 0. The maximum absolute atomic E-state index is 14.2. The molecule has 0 aromatic heterocycles. The van der Waals surface area contributed by atoms with Crippen LogP contribution in [0.3, 0.4) is 0 Å². The predicted molar refractivity (Wildman–Crippen MR) is 260 cm³/mol. The minimum absolute atomic E-state index is 0.0492. The van der Waals surface area contributed by atoms with Crippen LogP contribution >= 0.6 is 0 Å². The lowest BCUT2D eigenvalue weighted by atomic mass is 9.91. The number of benzene rings is 1. The van der Waals surface area contributed by atoms with Crippen LogP contribution in [0.1, 0.15) is 149 Å². The summed E-state index contributed by atoms with van der Waals surface area (Å²) in [5, 5.41) is 44.6. The Bertz CT molecular complexity index is 1750. The van der Waals surface area contributed by atoms with Crippen LogP contribution in [-0.4, -0.2) is 142 Å². The molecule has 0 bridgehead atoms. The monoisotopic (exact) mass is 957 g/mol. The van der Waals surface area contributed by atoms with Gasteiger partial charge in [-0.3, -0.25) is 33.6 Å². The highest BCUT2D eigenvalue weighted by Gasteiger charge is 2.44. The number of nitrogens with one attached hydrogen (secondary N) is 5. The molecule has 10 N–H and O–H groups in total. The van der Waals surface area contributed by atoms with Gasteiger partial charge in [-0.2, -0.15) is 0 Å². The Balaban J connectivity index is 1.62. The fourth-order valence-electron chi connectivity index (χ4n) is 9.07. The Hall–Kier alpha value is -4.81. The summed E-state index contributed by atoms with van der Waals surface area (Å²) in [4.78, 5) is 97.5. The molecule has 18 heteroatoms. The number of carbonyl (C=O) groups excluding carboxylic acids is 7. The van der Waals surface area contributed by atoms with Crippen molar-refractivity contribution in [2.45, 2.75) is 193 Å². The number of phenols is 1. The lowest BCUT2D eigenvalue weighted by Crippen LogP contribution is -2.60. The maximum Gasteiger partial charge on any atom is 0.248 e. The number of amides is 7. The first kappa shape index (κ1) is 57.5. The number of unbranched alkanes of at least 4 members (excludes halogenated alkanes) is 5. The van der Waals surface area contributed by atoms with Crippen LogP contribution in [0, 0.1) is 11.8 Å². The fourth-order valence-corrected chi connectivity index (χ4v) is 9.07. The van der Waals surface area contributed by atoms with Crippen molar-refractivity contribution in [3.63, 3.8) is 0 Å². The number of nitrogens with zero attached hydrogens (tertiary/aromatic N) is 2. The SMILES string of the molecule is CCCNC(=O)C1[C@@H](O)CCN1C(=O)C(CCCN)NC(=O)C(CCc1ccc(O)cc1)NC(=O)C1CCCN1C(=O)C(NC(=O)CNC(=O)CCCCCCCCC(C)CC(C)CC)[C@@H](C)O. The van der Waals surface area contributed by atoms with E-state index in [2.05, 4.69) is 47.4 Å². The summed E-state index contributed by atoms with van der Waals surface area (Å²) in [6, 6.07) is 0.346. The minimum atomic E-state index is -1.43. The average Bonchev–Trinajstić information content (AvgIpc) is 3.97. The zero-order valence-corrected chi connectivity index (χ0v) is 41.4. The first-order valence-electron chi connectivity index (χ1n) is 25.4. The van der Waals surface area contributed by atoms with Crippen LogP contribution in [0.15, 0.2) is 24.3 Å². The van der Waals surface area contributed by atoms with Crippen molar-refractivity contribution in [2.24, 2.45) is 17.6 Å². The largest absolute Gasteiger partial charge is 0.508 e. The van der Waals surface area contributed by atoms with Gasteiger partial charge in [-0.1, -0.05) is 84.8 Å². The van der Waals surface area contributed by atoms with Crippen molar-refractivity contribution in [3.05, 3.63) is 29.8 Å². The first-order valence-corrected chi connectivity index (χ1v) is 25.4. The summed E-state index contributed by atoms with van der Waals surface area (Å²) in [6.45, 7) is 10.5. The van der Waals surface area contributed by atoms with Crippen LogP contribution in [0.25, 0.3) is 0 Å². The molecule has 0 spiro atoms. The Kier molecular flexibility index (Phi) is 25.9. The van der Waals surface area contributed by atoms with Gasteiger partial charge in [-0.15, -0.1) is 0 Å².